The van der Waals surface area contributed by atoms with Crippen LogP contribution in [0.3, 0.4) is 0 Å². The number of imidazole rings is 1. The molecular formula is C6H5N4OW+. The minimum Gasteiger partial charge on any atom is -0.419 e. The van der Waals surface area contributed by atoms with Crippen LogP contribution in [0.4, 0.5) is 0 Å². The van der Waals surface area contributed by atoms with Crippen LogP contribution in [0, 0.1) is 6.33 Å². The first-order valence-electron chi connectivity index (χ1n) is 3.06. The zero-order valence-corrected chi connectivity index (χ0v) is 9.17. The van der Waals surface area contributed by atoms with E-state index in [0.29, 0.717) is 11.2 Å². The van der Waals surface area contributed by atoms with Crippen molar-refractivity contribution in [2.24, 2.45) is 7.05 Å². The van der Waals surface area contributed by atoms with Crippen LogP contribution in [-0.4, -0.2) is 19.5 Å². The molecule has 0 amide bonds. The van der Waals surface area contributed by atoms with Gasteiger partial charge in [0.2, 0.25) is 0 Å². The van der Waals surface area contributed by atoms with Crippen molar-refractivity contribution in [1.82, 2.24) is 19.5 Å². The van der Waals surface area contributed by atoms with E-state index in [-0.39, 0.29) is 26.6 Å². The first-order valence-corrected chi connectivity index (χ1v) is 3.06. The Balaban J connectivity index is 0.000000720. The Hall–Kier alpha value is -0.962. The van der Waals surface area contributed by atoms with Crippen molar-refractivity contribution in [3.05, 3.63) is 23.0 Å². The molecule has 6 heteroatoms. The minimum absolute atomic E-state index is 0. The van der Waals surface area contributed by atoms with Crippen LogP contribution in [0.1, 0.15) is 0 Å². The Bertz CT molecular complexity index is 446. The second-order valence-electron chi connectivity index (χ2n) is 2.21. The molecule has 2 aromatic rings. The molecule has 0 aromatic carbocycles. The topological polar surface area (TPSA) is 63.6 Å². The number of rotatable bonds is 0. The van der Waals surface area contributed by atoms with E-state index in [2.05, 4.69) is 21.3 Å². The number of nitrogens with one attached hydrogen (secondary N) is 1. The Morgan fingerprint density at radius 2 is 2.42 bits per heavy atom. The number of nitrogens with zero attached hydrogens (tertiary/aromatic N) is 3. The monoisotopic (exact) mass is 333 g/mol. The predicted molar refractivity (Wildman–Crippen MR) is 38.0 cm³/mol. The summed E-state index contributed by atoms with van der Waals surface area (Å²) in [5, 5.41) is 0. The fourth-order valence-electron chi connectivity index (χ4n) is 0.907. The van der Waals surface area contributed by atoms with Gasteiger partial charge in [-0.2, -0.15) is 0 Å². The third-order valence-corrected chi connectivity index (χ3v) is 1.45. The number of fused-ring (bicyclic) bond motifs is 1. The molecule has 0 atom stereocenters. The molecule has 2 rings (SSSR count). The fraction of sp³-hybridized carbons (Fsp3) is 0.167. The minimum atomic E-state index is -0.254. The van der Waals surface area contributed by atoms with Gasteiger partial charge in [0.15, 0.2) is 5.56 Å². The maximum atomic E-state index is 11.0. The van der Waals surface area contributed by atoms with Crippen LogP contribution in [0.15, 0.2) is 11.1 Å². The van der Waals surface area contributed by atoms with E-state index >= 15 is 0 Å². The largest absolute Gasteiger partial charge is 2.00 e. The smallest absolute Gasteiger partial charge is 0.419 e. The molecule has 0 saturated carbocycles. The van der Waals surface area contributed by atoms with Crippen molar-refractivity contribution in [1.29, 1.82) is 0 Å². The van der Waals surface area contributed by atoms with E-state index in [0.717, 1.165) is 0 Å². The molecule has 1 N–H and O–H groups in total. The van der Waals surface area contributed by atoms with Gasteiger partial charge in [0.25, 0.3) is 0 Å². The Morgan fingerprint density at radius 1 is 1.67 bits per heavy atom. The SMILES string of the molecule is Cn1cnc2c(=O)[nH][c-]nc21.[W+2]. The molecular weight excluding hydrogens is 328 g/mol. The number of aryl methyl sites for hydroxylation is 1. The number of aromatic amines is 1. The Morgan fingerprint density at radius 3 is 3.08 bits per heavy atom. The molecule has 0 fully saturated rings. The Labute approximate surface area is 82.1 Å². The van der Waals surface area contributed by atoms with E-state index in [9.17, 15) is 4.79 Å². The van der Waals surface area contributed by atoms with Crippen molar-refractivity contribution in [2.45, 2.75) is 0 Å². The van der Waals surface area contributed by atoms with E-state index in [1.165, 1.54) is 0 Å². The van der Waals surface area contributed by atoms with Gasteiger partial charge in [0.1, 0.15) is 0 Å². The maximum absolute atomic E-state index is 11.0. The van der Waals surface area contributed by atoms with Gasteiger partial charge in [0.05, 0.1) is 17.5 Å². The maximum Gasteiger partial charge on any atom is 2.00 e. The summed E-state index contributed by atoms with van der Waals surface area (Å²) in [6.07, 6.45) is 3.92. The van der Waals surface area contributed by atoms with Gasteiger partial charge in [-0.1, -0.05) is 0 Å². The molecule has 12 heavy (non-hydrogen) atoms. The first kappa shape index (κ1) is 9.13. The second kappa shape index (κ2) is 3.19. The summed E-state index contributed by atoms with van der Waals surface area (Å²) in [5.41, 5.74) is 0.649. The van der Waals surface area contributed by atoms with Crippen molar-refractivity contribution in [3.8, 4) is 0 Å². The van der Waals surface area contributed by atoms with Gasteiger partial charge < -0.3 is 19.3 Å². The molecule has 2 heterocycles. The molecule has 0 radical (unpaired) electrons. The molecule has 0 saturated heterocycles. The third-order valence-electron chi connectivity index (χ3n) is 1.45. The van der Waals surface area contributed by atoms with Gasteiger partial charge in [-0.3, -0.25) is 4.98 Å². The summed E-state index contributed by atoms with van der Waals surface area (Å²) < 4.78 is 1.67. The summed E-state index contributed by atoms with van der Waals surface area (Å²) in [6, 6.07) is 0. The van der Waals surface area contributed by atoms with Gasteiger partial charge in [0, 0.05) is 13.4 Å². The van der Waals surface area contributed by atoms with Crippen LogP contribution in [0.5, 0.6) is 0 Å². The molecule has 0 aliphatic rings. The van der Waals surface area contributed by atoms with Crippen LogP contribution >= 0.6 is 0 Å². The van der Waals surface area contributed by atoms with Crippen molar-refractivity contribution in [3.63, 3.8) is 0 Å². The fourth-order valence-corrected chi connectivity index (χ4v) is 0.907. The van der Waals surface area contributed by atoms with Crippen molar-refractivity contribution in [2.75, 3.05) is 0 Å². The molecule has 0 bridgehead atoms. The zero-order chi connectivity index (χ0) is 7.84. The standard InChI is InChI=1S/C6H5N4O.W/c1-10-3-9-4-5(10)7-2-8-6(4)11;/h3H,1H3,(H,7,8,11);/q-1;+2. The summed E-state index contributed by atoms with van der Waals surface area (Å²) in [4.78, 5) is 21.0. The van der Waals surface area contributed by atoms with E-state index in [1.54, 1.807) is 17.9 Å². The average molecular weight is 333 g/mol. The first-order chi connectivity index (χ1) is 5.29. The number of H-pyrrole nitrogens is 1. The molecule has 60 valence electrons. The Kier molecular flexibility index (Phi) is 2.43. The summed E-state index contributed by atoms with van der Waals surface area (Å²) >= 11 is 0. The van der Waals surface area contributed by atoms with Gasteiger partial charge >= 0.3 is 21.1 Å². The zero-order valence-electron chi connectivity index (χ0n) is 6.24. The van der Waals surface area contributed by atoms with Crippen LogP contribution in [0.25, 0.3) is 11.2 Å². The molecule has 0 aliphatic heterocycles. The van der Waals surface area contributed by atoms with E-state index in [1.807, 2.05) is 0 Å². The summed E-state index contributed by atoms with van der Waals surface area (Å²) in [6.45, 7) is 0. The van der Waals surface area contributed by atoms with Crippen LogP contribution in [-0.2, 0) is 28.1 Å². The summed E-state index contributed by atoms with van der Waals surface area (Å²) in [5.74, 6) is 0. The van der Waals surface area contributed by atoms with Crippen LogP contribution < -0.4 is 5.56 Å². The van der Waals surface area contributed by atoms with Gasteiger partial charge in [-0.15, -0.1) is 0 Å². The van der Waals surface area contributed by atoms with E-state index in [4.69, 9.17) is 0 Å². The number of hydrogen-bond acceptors (Lipinski definition) is 3. The van der Waals surface area contributed by atoms with Gasteiger partial charge in [-0.25, -0.2) is 0 Å². The normalized spacial score (nSPS) is 9.75. The average Bonchev–Trinajstić information content (AvgIpc) is 2.35. The quantitative estimate of drug-likeness (QED) is 0.659. The van der Waals surface area contributed by atoms with Crippen LogP contribution in [0.2, 0.25) is 0 Å². The number of aromatic nitrogens is 4. The molecule has 0 unspecified atom stereocenters. The predicted octanol–water partition coefficient (Wildman–Crippen LogP) is -0.546. The molecule has 0 spiro atoms. The third kappa shape index (κ3) is 1.20. The molecule has 2 aromatic heterocycles. The van der Waals surface area contributed by atoms with E-state index < -0.39 is 0 Å². The second-order valence-corrected chi connectivity index (χ2v) is 2.21. The molecule has 0 aliphatic carbocycles. The number of hydrogen-bond donors (Lipinski definition) is 1. The summed E-state index contributed by atoms with van der Waals surface area (Å²) in [7, 11) is 1.77. The molecule has 5 nitrogen and oxygen atoms in total. The van der Waals surface area contributed by atoms with Gasteiger partial charge in [-0.05, 0) is 0 Å². The van der Waals surface area contributed by atoms with Crippen molar-refractivity contribution < 1.29 is 21.1 Å². The van der Waals surface area contributed by atoms with Crippen molar-refractivity contribution >= 4 is 11.2 Å².